The van der Waals surface area contributed by atoms with Crippen molar-refractivity contribution >= 4 is 5.78 Å². The van der Waals surface area contributed by atoms with E-state index < -0.39 is 36.0 Å². The number of alkyl halides is 3. The third-order valence-corrected chi connectivity index (χ3v) is 5.17. The van der Waals surface area contributed by atoms with Gasteiger partial charge in [-0.05, 0) is 36.6 Å². The van der Waals surface area contributed by atoms with E-state index in [2.05, 4.69) is 0 Å². The minimum absolute atomic E-state index is 0.0590. The number of hydrogen-bond donors (Lipinski definition) is 0. The number of halogens is 3. The fourth-order valence-corrected chi connectivity index (χ4v) is 3.66. The number of ether oxygens (including phenoxy) is 4. The monoisotopic (exact) mass is 422 g/mol. The molecule has 3 atom stereocenters. The maximum atomic E-state index is 13.3. The molecule has 0 saturated carbocycles. The Bertz CT molecular complexity index is 921. The second kappa shape index (κ2) is 8.28. The average Bonchev–Trinajstić information content (AvgIpc) is 3.54. The van der Waals surface area contributed by atoms with Crippen molar-refractivity contribution in [2.45, 2.75) is 43.9 Å². The summed E-state index contributed by atoms with van der Waals surface area (Å²) >= 11 is 0. The Morgan fingerprint density at radius 2 is 1.83 bits per heavy atom. The van der Waals surface area contributed by atoms with Crippen LogP contribution in [0.1, 0.15) is 46.9 Å². The van der Waals surface area contributed by atoms with Crippen LogP contribution in [0.4, 0.5) is 13.2 Å². The van der Waals surface area contributed by atoms with Crippen LogP contribution >= 0.6 is 0 Å². The number of epoxide rings is 1. The molecule has 2 fully saturated rings. The Labute approximate surface area is 171 Å². The number of methoxy groups -OCH3 is 1. The highest BCUT2D eigenvalue weighted by Gasteiger charge is 2.51. The van der Waals surface area contributed by atoms with Crippen molar-refractivity contribution < 1.29 is 36.9 Å². The molecule has 0 aliphatic carbocycles. The first-order valence-electron chi connectivity index (χ1n) is 9.71. The molecule has 0 N–H and O–H groups in total. The van der Waals surface area contributed by atoms with E-state index in [4.69, 9.17) is 18.9 Å². The lowest BCUT2D eigenvalue weighted by Gasteiger charge is -2.24. The van der Waals surface area contributed by atoms with Gasteiger partial charge >= 0.3 is 6.18 Å². The van der Waals surface area contributed by atoms with Gasteiger partial charge in [0.05, 0.1) is 19.3 Å². The van der Waals surface area contributed by atoms with Crippen LogP contribution in [0.2, 0.25) is 0 Å². The van der Waals surface area contributed by atoms with Gasteiger partial charge in [-0.2, -0.15) is 13.2 Å². The van der Waals surface area contributed by atoms with Gasteiger partial charge in [-0.1, -0.05) is 24.3 Å². The van der Waals surface area contributed by atoms with Gasteiger partial charge in [0, 0.05) is 6.42 Å². The molecule has 5 nitrogen and oxygen atoms in total. The molecule has 2 aliphatic heterocycles. The van der Waals surface area contributed by atoms with Gasteiger partial charge in [0.1, 0.15) is 23.2 Å². The number of ketones is 1. The highest BCUT2D eigenvalue weighted by atomic mass is 19.4. The minimum Gasteiger partial charge on any atom is -0.496 e. The molecule has 0 aromatic heterocycles. The SMILES string of the molecule is COc1cccc(OC2CCCCO2)c1C(=O)[C@H]1O[C@@H]1c1ccccc1C(F)(F)F. The van der Waals surface area contributed by atoms with Crippen molar-refractivity contribution in [2.24, 2.45) is 0 Å². The normalized spacial score (nSPS) is 23.7. The Hall–Kier alpha value is -2.58. The first-order valence-corrected chi connectivity index (χ1v) is 9.71. The third kappa shape index (κ3) is 4.15. The van der Waals surface area contributed by atoms with Crippen LogP contribution in [-0.4, -0.2) is 31.9 Å². The van der Waals surface area contributed by atoms with E-state index in [1.165, 1.54) is 25.3 Å². The van der Waals surface area contributed by atoms with E-state index >= 15 is 0 Å². The molecule has 0 spiro atoms. The second-order valence-corrected chi connectivity index (χ2v) is 7.17. The topological polar surface area (TPSA) is 57.3 Å². The van der Waals surface area contributed by atoms with Crippen molar-refractivity contribution in [2.75, 3.05) is 13.7 Å². The highest BCUT2D eigenvalue weighted by molar-refractivity contribution is 6.06. The predicted molar refractivity (Wildman–Crippen MR) is 101 cm³/mol. The summed E-state index contributed by atoms with van der Waals surface area (Å²) in [6, 6.07) is 10.0. The molecule has 8 heteroatoms. The van der Waals surface area contributed by atoms with E-state index in [0.717, 1.165) is 18.9 Å². The molecule has 1 unspecified atom stereocenters. The fraction of sp³-hybridized carbons (Fsp3) is 0.409. The Kier molecular flexibility index (Phi) is 5.71. The van der Waals surface area contributed by atoms with E-state index in [9.17, 15) is 18.0 Å². The smallest absolute Gasteiger partial charge is 0.416 e. The number of hydrogen-bond acceptors (Lipinski definition) is 5. The fourth-order valence-electron chi connectivity index (χ4n) is 3.66. The Balaban J connectivity index is 1.60. The molecule has 2 heterocycles. The third-order valence-electron chi connectivity index (χ3n) is 5.17. The van der Waals surface area contributed by atoms with E-state index in [1.54, 1.807) is 18.2 Å². The van der Waals surface area contributed by atoms with Gasteiger partial charge in [0.2, 0.25) is 5.78 Å². The van der Waals surface area contributed by atoms with Crippen molar-refractivity contribution in [1.82, 2.24) is 0 Å². The summed E-state index contributed by atoms with van der Waals surface area (Å²) < 4.78 is 62.2. The number of Topliss-reactive ketones (excluding diaryl/α,β-unsaturated/α-hetero) is 1. The molecule has 2 aliphatic rings. The van der Waals surface area contributed by atoms with Crippen LogP contribution in [0.3, 0.4) is 0 Å². The molecule has 2 aromatic rings. The summed E-state index contributed by atoms with van der Waals surface area (Å²) in [5, 5.41) is 0. The predicted octanol–water partition coefficient (Wildman–Crippen LogP) is 4.94. The maximum Gasteiger partial charge on any atom is 0.416 e. The van der Waals surface area contributed by atoms with E-state index in [1.807, 2.05) is 0 Å². The standard InChI is InChI=1S/C22H21F3O5/c1-27-15-9-6-10-16(29-17-11-4-5-12-28-17)18(15)19(26)21-20(30-21)13-7-2-3-8-14(13)22(23,24)25/h2-3,6-10,17,20-21H,4-5,11-12H2,1H3/t17?,20-,21-/m1/s1. The van der Waals surface area contributed by atoms with Crippen molar-refractivity contribution in [3.63, 3.8) is 0 Å². The van der Waals surface area contributed by atoms with Crippen LogP contribution in [0.5, 0.6) is 11.5 Å². The van der Waals surface area contributed by atoms with Gasteiger partial charge in [0.25, 0.3) is 0 Å². The number of rotatable bonds is 6. The van der Waals surface area contributed by atoms with E-state index in [-0.39, 0.29) is 22.6 Å². The Morgan fingerprint density at radius 1 is 1.07 bits per heavy atom. The summed E-state index contributed by atoms with van der Waals surface area (Å²) in [7, 11) is 1.41. The molecule has 2 saturated heterocycles. The van der Waals surface area contributed by atoms with Gasteiger partial charge in [-0.25, -0.2) is 0 Å². The second-order valence-electron chi connectivity index (χ2n) is 7.17. The van der Waals surface area contributed by atoms with Gasteiger partial charge in [-0.15, -0.1) is 0 Å². The maximum absolute atomic E-state index is 13.3. The summed E-state index contributed by atoms with van der Waals surface area (Å²) in [6.07, 6.45) is -4.46. The lowest BCUT2D eigenvalue weighted by molar-refractivity contribution is -0.138. The molecule has 0 radical (unpaired) electrons. The molecule has 30 heavy (non-hydrogen) atoms. The zero-order valence-corrected chi connectivity index (χ0v) is 16.3. The molecule has 2 aromatic carbocycles. The average molecular weight is 422 g/mol. The van der Waals surface area contributed by atoms with Crippen LogP contribution in [0.15, 0.2) is 42.5 Å². The first kappa shape index (κ1) is 20.7. The molecule has 4 rings (SSSR count). The van der Waals surface area contributed by atoms with Crippen molar-refractivity contribution in [3.8, 4) is 11.5 Å². The van der Waals surface area contributed by atoms with Crippen molar-refractivity contribution in [1.29, 1.82) is 0 Å². The van der Waals surface area contributed by atoms with Crippen LogP contribution < -0.4 is 9.47 Å². The number of carbonyl (C=O) groups is 1. The Morgan fingerprint density at radius 3 is 2.53 bits per heavy atom. The van der Waals surface area contributed by atoms with Gasteiger partial charge in [0.15, 0.2) is 12.4 Å². The van der Waals surface area contributed by atoms with Gasteiger partial charge < -0.3 is 18.9 Å². The molecule has 0 bridgehead atoms. The largest absolute Gasteiger partial charge is 0.496 e. The summed E-state index contributed by atoms with van der Waals surface area (Å²) in [6.45, 7) is 0.569. The molecule has 0 amide bonds. The van der Waals surface area contributed by atoms with Crippen molar-refractivity contribution in [3.05, 3.63) is 59.2 Å². The summed E-state index contributed by atoms with van der Waals surface area (Å²) in [5.74, 6) is 0.0523. The number of benzene rings is 2. The molecular formula is C22H21F3O5. The zero-order chi connectivity index (χ0) is 21.3. The minimum atomic E-state index is -4.53. The van der Waals surface area contributed by atoms with Crippen LogP contribution in [-0.2, 0) is 15.7 Å². The quantitative estimate of drug-likeness (QED) is 0.487. The lowest BCUT2D eigenvalue weighted by atomic mass is 9.98. The highest BCUT2D eigenvalue weighted by Crippen LogP contribution is 2.47. The number of carbonyl (C=O) groups excluding carboxylic acids is 1. The zero-order valence-electron chi connectivity index (χ0n) is 16.3. The lowest BCUT2D eigenvalue weighted by Crippen LogP contribution is -2.26. The van der Waals surface area contributed by atoms with Crippen LogP contribution in [0.25, 0.3) is 0 Å². The van der Waals surface area contributed by atoms with Gasteiger partial charge in [-0.3, -0.25) is 4.79 Å². The summed E-state index contributed by atoms with van der Waals surface area (Å²) in [4.78, 5) is 13.2. The van der Waals surface area contributed by atoms with E-state index in [0.29, 0.717) is 13.0 Å². The molecule has 160 valence electrons. The van der Waals surface area contributed by atoms with Crippen LogP contribution in [0, 0.1) is 0 Å². The first-order chi connectivity index (χ1) is 14.4. The molecular weight excluding hydrogens is 401 g/mol. The summed E-state index contributed by atoms with van der Waals surface area (Å²) in [5.41, 5.74) is -0.722.